The minimum absolute atomic E-state index is 0.00992. The minimum atomic E-state index is -2.46. The number of esters is 2. The van der Waals surface area contributed by atoms with Gasteiger partial charge in [0.15, 0.2) is 17.0 Å². The van der Waals surface area contributed by atoms with Gasteiger partial charge < -0.3 is 83.6 Å². The number of ether oxygens (including phenoxy) is 8. The second kappa shape index (κ2) is 45.1. The number of aliphatic hydroxyl groups is 2. The molecule has 1 aliphatic carbocycles. The highest BCUT2D eigenvalue weighted by molar-refractivity contribution is 6.39. The molecule has 0 radical (unpaired) electrons. The summed E-state index contributed by atoms with van der Waals surface area (Å²) in [6.07, 6.45) is 21.8. The molecule has 1 unspecified atom stereocenters. The number of piperazine rings is 2. The highest BCUT2D eigenvalue weighted by atomic mass is 16.6. The molecule has 5 fully saturated rings. The maximum Gasteiger partial charge on any atom is 0.329 e. The lowest BCUT2D eigenvalue weighted by Crippen LogP contribution is -2.61. The number of rotatable bonds is 23. The van der Waals surface area contributed by atoms with E-state index in [-0.39, 0.29) is 73.2 Å². The van der Waals surface area contributed by atoms with Crippen LogP contribution in [0.5, 0.6) is 0 Å². The molecule has 34 nitrogen and oxygen atoms in total. The van der Waals surface area contributed by atoms with Crippen LogP contribution in [0, 0.1) is 35.5 Å². The van der Waals surface area contributed by atoms with Crippen LogP contribution < -0.4 is 21.3 Å². The molecule has 712 valence electrons. The summed E-state index contributed by atoms with van der Waals surface area (Å²) in [5, 5.41) is 29.7. The SMILES string of the molecule is COC1C[C@@H]([C@H](C)C[C@@H]2CC[C@@H](OC(=O)CCc3cnc(N4CCN(CCCOCN5CCN(c6ncc(C(=O)N7CCc8cc(Cn9nc(-c%10ccc%11oc(N)nc%11c%10)c%10c(N)ncnc%109)ccc8C7)cn6)CC5)CC4)nc3)[C@H](OC)C2)OC(=O)[C@@H]2CCCCN2C(=O)C(=O)[C@]2(O)O[C@@H](CC[C@H]2C)C[C@H](OC)/C(C)=C/C=C/C=C/[C@@H](C)C[C@@H](C)C(=O)[C@H](OC)[C@H](O)/C(C)=C/[C@H]1C. The van der Waals surface area contributed by atoms with Crippen molar-refractivity contribution in [3.63, 3.8) is 0 Å². The highest BCUT2D eigenvalue weighted by Crippen LogP contribution is 2.41. The standard InChI is InChI=1S/C98H133N17O17/c1-60-18-13-12-14-19-61(2)79(124-8)50-74-27-21-66(7)98(123,132-74)89(119)93(121)114-33-16-15-20-76(114)94(122)130-81(51-80(125-9)62(3)45-65(6)87(118)88(127-11)86(117)64(5)44-60)63(4)46-67-23-28-78(82(48-67)126-10)129-83(116)30-24-69-52-101-96(102-53-69)111-39-35-109(36-40-111)32-17-43-128-59-110-37-41-112(42-38-110)97-103-54-73(55-104-97)92(120)113-34-31-70-47-68(22-25-72(70)57-113)56-115-91-84(90(99)105-58-106-91)85(108-115)71-26-29-77-75(49-71)107-95(100)131-77/h12-14,18-19,22,25-26,29,45,47,49,52-55,58,60,62-64,66-67,74,76,78-82,87-88,118,123H,15-17,20-21,23-24,27-28,30-44,46,48,50-51,56-57,59H2,1-11H3,(H2,100,107)(H2,99,105,106)/b14-12+,18-13+,61-19+,65-45+/t60-,62-,63-,64-,66-,67+,74+,76+,78-,79+,80?,81+,82-,87-,88+,98-/m1/s1. The predicted molar refractivity (Wildman–Crippen MR) is 496 cm³/mol. The number of carbonyl (C=O) groups is 6. The number of piperidine rings is 1. The summed E-state index contributed by atoms with van der Waals surface area (Å²) >= 11 is 0. The topological polar surface area (TPSA) is 409 Å². The normalized spacial score (nSPS) is 28.7. The van der Waals surface area contributed by atoms with E-state index in [0.29, 0.717) is 167 Å². The Kier molecular flexibility index (Phi) is 33.3. The van der Waals surface area contributed by atoms with Crippen molar-refractivity contribution in [3.8, 4) is 11.3 Å². The van der Waals surface area contributed by atoms with E-state index >= 15 is 4.79 Å². The van der Waals surface area contributed by atoms with Crippen molar-refractivity contribution >= 4 is 81.2 Å². The number of Topliss-reactive ketones (excluding diaryl/α,β-unsaturated/α-hetero) is 2. The van der Waals surface area contributed by atoms with Crippen LogP contribution in [0.3, 0.4) is 0 Å². The van der Waals surface area contributed by atoms with Gasteiger partial charge in [-0.05, 0) is 167 Å². The Bertz CT molecular complexity index is 5240. The van der Waals surface area contributed by atoms with Crippen molar-refractivity contribution in [2.45, 2.75) is 225 Å². The van der Waals surface area contributed by atoms with E-state index in [9.17, 15) is 34.2 Å². The maximum absolute atomic E-state index is 15.0. The fraction of sp³-hybridized carbons (Fsp3) is 0.592. The first-order valence-corrected chi connectivity index (χ1v) is 47.0. The number of fused-ring (bicyclic) bond motifs is 6. The number of aromatic nitrogens is 9. The lowest BCUT2D eigenvalue weighted by molar-refractivity contribution is -0.265. The number of nitrogens with zero attached hydrogens (tertiary/aromatic N) is 15. The van der Waals surface area contributed by atoms with Crippen LogP contribution in [0.25, 0.3) is 33.4 Å². The zero-order chi connectivity index (χ0) is 93.4. The average Bonchev–Trinajstić information content (AvgIpc) is 1.57. The molecule has 2 amide bonds. The molecule has 0 spiro atoms. The Labute approximate surface area is 772 Å². The first-order chi connectivity index (χ1) is 63.6. The zero-order valence-electron chi connectivity index (χ0n) is 78.3. The number of ketones is 2. The predicted octanol–water partition coefficient (Wildman–Crippen LogP) is 10.1. The number of allylic oxidation sites excluding steroid dienone is 5. The van der Waals surface area contributed by atoms with E-state index < -0.39 is 90.2 Å². The van der Waals surface area contributed by atoms with Gasteiger partial charge in [-0.15, -0.1) is 0 Å². The van der Waals surface area contributed by atoms with Crippen molar-refractivity contribution in [2.75, 3.05) is 135 Å². The number of amides is 2. The van der Waals surface area contributed by atoms with Crippen LogP contribution >= 0.6 is 0 Å². The molecule has 11 heterocycles. The van der Waals surface area contributed by atoms with Crippen LogP contribution in [-0.4, -0.2) is 284 Å². The monoisotopic (exact) mass is 1820 g/mol. The summed E-state index contributed by atoms with van der Waals surface area (Å²) in [5.74, 6) is -6.17. The van der Waals surface area contributed by atoms with E-state index in [1.54, 1.807) is 66.0 Å². The lowest BCUT2D eigenvalue weighted by Gasteiger charge is -2.43. The zero-order valence-corrected chi connectivity index (χ0v) is 78.3. The van der Waals surface area contributed by atoms with Crippen molar-refractivity contribution < 1.29 is 81.3 Å². The molecule has 6 N–H and O–H groups in total. The number of nitrogen functional groups attached to an aromatic ring is 2. The fourth-order valence-corrected chi connectivity index (χ4v) is 19.9. The Morgan fingerprint density at radius 2 is 1.45 bits per heavy atom. The van der Waals surface area contributed by atoms with Crippen LogP contribution in [0.15, 0.2) is 120 Å². The molecule has 4 saturated heterocycles. The number of hydrogen-bond donors (Lipinski definition) is 4. The number of methoxy groups -OCH3 is 4. The van der Waals surface area contributed by atoms with Gasteiger partial charge in [0.25, 0.3) is 23.6 Å². The summed E-state index contributed by atoms with van der Waals surface area (Å²) in [5.41, 5.74) is 21.4. The van der Waals surface area contributed by atoms with Gasteiger partial charge in [0.1, 0.15) is 53.8 Å². The van der Waals surface area contributed by atoms with E-state index in [4.69, 9.17) is 68.8 Å². The van der Waals surface area contributed by atoms with Gasteiger partial charge in [-0.2, -0.15) is 10.1 Å². The smallest absolute Gasteiger partial charge is 0.329 e. The maximum atomic E-state index is 15.0. The number of aliphatic hydroxyl groups excluding tert-OH is 1. The number of carbonyl (C=O) groups excluding carboxylic acids is 6. The molecule has 16 atom stereocenters. The Morgan fingerprint density at radius 1 is 0.712 bits per heavy atom. The van der Waals surface area contributed by atoms with Gasteiger partial charge in [0.05, 0.1) is 48.6 Å². The third-order valence-electron chi connectivity index (χ3n) is 27.9. The number of cyclic esters (lactones) is 1. The third-order valence-corrected chi connectivity index (χ3v) is 27.9. The summed E-state index contributed by atoms with van der Waals surface area (Å²) < 4.78 is 56.6. The quantitative estimate of drug-likeness (QED) is 0.0200. The number of nitrogens with two attached hydrogens (primary N) is 2. The van der Waals surface area contributed by atoms with Gasteiger partial charge in [0, 0.05) is 181 Å². The van der Waals surface area contributed by atoms with Crippen LogP contribution in [0.1, 0.15) is 171 Å². The van der Waals surface area contributed by atoms with Gasteiger partial charge in [-0.3, -0.25) is 33.8 Å². The van der Waals surface area contributed by atoms with Crippen molar-refractivity contribution in [1.82, 2.24) is 64.3 Å². The third kappa shape index (κ3) is 23.8. The highest BCUT2D eigenvalue weighted by Gasteiger charge is 2.53. The van der Waals surface area contributed by atoms with E-state index in [2.05, 4.69) is 62.7 Å². The molecule has 34 heteroatoms. The van der Waals surface area contributed by atoms with Crippen molar-refractivity contribution in [3.05, 3.63) is 143 Å². The van der Waals surface area contributed by atoms with Crippen LogP contribution in [-0.2, 0) is 87.8 Å². The molecular formula is C98H133N17O17. The van der Waals surface area contributed by atoms with Crippen molar-refractivity contribution in [2.24, 2.45) is 35.5 Å². The second-order valence-corrected chi connectivity index (χ2v) is 37.2. The Balaban J connectivity index is 0.504. The Hall–Kier alpha value is -10.4. The van der Waals surface area contributed by atoms with Crippen molar-refractivity contribution in [1.29, 1.82) is 0 Å². The van der Waals surface area contributed by atoms with Gasteiger partial charge in [0.2, 0.25) is 17.7 Å². The number of anilines is 4. The first kappa shape index (κ1) is 97.6. The minimum Gasteiger partial charge on any atom is -0.460 e. The molecule has 2 aromatic carbocycles. The molecule has 132 heavy (non-hydrogen) atoms. The second-order valence-electron chi connectivity index (χ2n) is 37.2. The molecular weight excluding hydrogens is 1690 g/mol. The summed E-state index contributed by atoms with van der Waals surface area (Å²) in [6.45, 7) is 23.2. The fourth-order valence-electron chi connectivity index (χ4n) is 19.9. The first-order valence-electron chi connectivity index (χ1n) is 47.0. The van der Waals surface area contributed by atoms with Gasteiger partial charge in [-0.25, -0.2) is 39.4 Å². The van der Waals surface area contributed by atoms with E-state index in [1.807, 2.05) is 92.8 Å². The molecule has 2 bridgehead atoms. The number of hydrogen-bond acceptors (Lipinski definition) is 31. The largest absolute Gasteiger partial charge is 0.460 e. The van der Waals surface area contributed by atoms with Gasteiger partial charge >= 0.3 is 11.9 Å². The average molecular weight is 1820 g/mol. The van der Waals surface area contributed by atoms with Crippen LogP contribution in [0.2, 0.25) is 0 Å². The van der Waals surface area contributed by atoms with Gasteiger partial charge in [-0.1, -0.05) is 89.3 Å². The lowest BCUT2D eigenvalue weighted by atomic mass is 9.78. The number of benzene rings is 2. The van der Waals surface area contributed by atoms with Crippen LogP contribution in [0.4, 0.5) is 23.7 Å². The summed E-state index contributed by atoms with van der Waals surface area (Å²) in [6, 6.07) is 10.8. The van der Waals surface area contributed by atoms with E-state index in [1.165, 1.54) is 23.9 Å². The number of oxazole rings is 1. The Morgan fingerprint density at radius 3 is 2.17 bits per heavy atom. The molecule has 7 aliphatic rings. The van der Waals surface area contributed by atoms with E-state index in [0.717, 1.165) is 93.2 Å². The number of aryl methyl sites for hydroxylation is 1. The molecule has 5 aromatic heterocycles. The molecule has 1 saturated carbocycles. The molecule has 6 aliphatic heterocycles. The molecule has 7 aromatic rings. The summed E-state index contributed by atoms with van der Waals surface area (Å²) in [7, 11) is 6.21. The molecule has 14 rings (SSSR count). The summed E-state index contributed by atoms with van der Waals surface area (Å²) in [4.78, 5) is 130.